The number of nitrogens with one attached hydrogen (secondary N) is 1. The largest absolute Gasteiger partial charge is 0.326 e. The van der Waals surface area contributed by atoms with Crippen LogP contribution in [0, 0.1) is 19.7 Å². The number of fused-ring (bicyclic) bond motifs is 2. The fourth-order valence-corrected chi connectivity index (χ4v) is 5.17. The molecule has 5 heteroatoms. The molecule has 5 rings (SSSR count). The van der Waals surface area contributed by atoms with Crippen LogP contribution in [0.1, 0.15) is 35.1 Å². The molecule has 0 aromatic heterocycles. The number of likely N-dealkylation sites (tertiary alicyclic amines) is 1. The van der Waals surface area contributed by atoms with Gasteiger partial charge in [0.05, 0.1) is 0 Å². The van der Waals surface area contributed by atoms with Crippen LogP contribution in [0.4, 0.5) is 20.6 Å². The van der Waals surface area contributed by atoms with Gasteiger partial charge in [0.2, 0.25) is 0 Å². The standard InChI is InChI=1S/C28H30FN3O/c1-20-3-7-22(8-4-20)18-31-15-13-28(14-16-31)19-32(26-12-9-23(29)17-25(26)28)27(33)30-24-10-5-21(2)6-11-24/h3-12,17H,13-16,18-19H2,1-2H3,(H,30,33). The second kappa shape index (κ2) is 8.64. The van der Waals surface area contributed by atoms with Crippen LogP contribution in [0.5, 0.6) is 0 Å². The smallest absolute Gasteiger partial charge is 0.308 e. The summed E-state index contributed by atoms with van der Waals surface area (Å²) in [5.41, 5.74) is 6.09. The summed E-state index contributed by atoms with van der Waals surface area (Å²) >= 11 is 0. The Labute approximate surface area is 195 Å². The summed E-state index contributed by atoms with van der Waals surface area (Å²) in [7, 11) is 0. The minimum Gasteiger partial charge on any atom is -0.308 e. The molecule has 33 heavy (non-hydrogen) atoms. The molecule has 0 saturated carbocycles. The van der Waals surface area contributed by atoms with Gasteiger partial charge in [0.1, 0.15) is 5.82 Å². The highest BCUT2D eigenvalue weighted by molar-refractivity contribution is 6.03. The van der Waals surface area contributed by atoms with E-state index in [9.17, 15) is 9.18 Å². The minimum atomic E-state index is -0.240. The summed E-state index contributed by atoms with van der Waals surface area (Å²) in [6, 6.07) is 21.2. The lowest BCUT2D eigenvalue weighted by Crippen LogP contribution is -2.46. The lowest BCUT2D eigenvalue weighted by molar-refractivity contribution is 0.160. The Morgan fingerprint density at radius 2 is 1.58 bits per heavy atom. The molecular weight excluding hydrogens is 413 g/mol. The van der Waals surface area contributed by atoms with E-state index in [1.807, 2.05) is 31.2 Å². The number of hydrogen-bond acceptors (Lipinski definition) is 2. The second-order valence-electron chi connectivity index (χ2n) is 9.59. The fourth-order valence-electron chi connectivity index (χ4n) is 5.17. The third-order valence-corrected chi connectivity index (χ3v) is 7.17. The van der Waals surface area contributed by atoms with Gasteiger partial charge in [0.15, 0.2) is 0 Å². The van der Waals surface area contributed by atoms with Crippen molar-refractivity contribution in [3.63, 3.8) is 0 Å². The first kappa shape index (κ1) is 21.7. The zero-order valence-electron chi connectivity index (χ0n) is 19.3. The number of carbonyl (C=O) groups is 1. The van der Waals surface area contributed by atoms with Crippen molar-refractivity contribution in [3.8, 4) is 0 Å². The van der Waals surface area contributed by atoms with Crippen LogP contribution < -0.4 is 10.2 Å². The summed E-state index contributed by atoms with van der Waals surface area (Å²) in [5.74, 6) is -0.240. The Bertz CT molecular complexity index is 1150. The van der Waals surface area contributed by atoms with Crippen molar-refractivity contribution in [1.82, 2.24) is 4.90 Å². The van der Waals surface area contributed by atoms with Crippen molar-refractivity contribution in [2.45, 2.75) is 38.6 Å². The van der Waals surface area contributed by atoms with Crippen LogP contribution in [0.3, 0.4) is 0 Å². The molecule has 3 aromatic carbocycles. The van der Waals surface area contributed by atoms with Gasteiger partial charge in [-0.25, -0.2) is 9.18 Å². The van der Waals surface area contributed by atoms with Crippen LogP contribution in [-0.4, -0.2) is 30.6 Å². The Kier molecular flexibility index (Phi) is 5.67. The van der Waals surface area contributed by atoms with E-state index in [-0.39, 0.29) is 17.3 Å². The normalized spacial score (nSPS) is 17.2. The van der Waals surface area contributed by atoms with Crippen molar-refractivity contribution in [1.29, 1.82) is 0 Å². The summed E-state index contributed by atoms with van der Waals surface area (Å²) in [6.45, 7) is 7.48. The van der Waals surface area contributed by atoms with E-state index in [2.05, 4.69) is 41.4 Å². The Hall–Kier alpha value is -3.18. The van der Waals surface area contributed by atoms with Gasteiger partial charge in [-0.05, 0) is 81.2 Å². The molecule has 4 nitrogen and oxygen atoms in total. The van der Waals surface area contributed by atoms with Gasteiger partial charge < -0.3 is 5.32 Å². The molecule has 3 aromatic rings. The minimum absolute atomic E-state index is 0.161. The number of halogens is 1. The Balaban J connectivity index is 1.33. The molecule has 170 valence electrons. The maximum absolute atomic E-state index is 14.3. The molecule has 2 amide bonds. The van der Waals surface area contributed by atoms with Gasteiger partial charge in [-0.3, -0.25) is 9.80 Å². The molecule has 1 saturated heterocycles. The molecular formula is C28H30FN3O. The third kappa shape index (κ3) is 4.38. The molecule has 0 aliphatic carbocycles. The van der Waals surface area contributed by atoms with E-state index >= 15 is 0 Å². The number of rotatable bonds is 3. The number of piperidine rings is 1. The summed E-state index contributed by atoms with van der Waals surface area (Å²) < 4.78 is 14.3. The number of carbonyl (C=O) groups excluding carboxylic acids is 1. The highest BCUT2D eigenvalue weighted by atomic mass is 19.1. The van der Waals surface area contributed by atoms with Crippen molar-refractivity contribution in [2.24, 2.45) is 0 Å². The maximum Gasteiger partial charge on any atom is 0.326 e. The summed E-state index contributed by atoms with van der Waals surface area (Å²) in [5, 5.41) is 3.02. The quantitative estimate of drug-likeness (QED) is 0.537. The first-order chi connectivity index (χ1) is 15.9. The highest BCUT2D eigenvalue weighted by Crippen LogP contribution is 2.47. The molecule has 1 spiro atoms. The lowest BCUT2D eigenvalue weighted by Gasteiger charge is -2.40. The van der Waals surface area contributed by atoms with E-state index in [1.165, 1.54) is 17.2 Å². The predicted octanol–water partition coefficient (Wildman–Crippen LogP) is 6.03. The summed E-state index contributed by atoms with van der Waals surface area (Å²) in [4.78, 5) is 17.5. The number of nitrogens with zero attached hydrogens (tertiary/aromatic N) is 2. The first-order valence-corrected chi connectivity index (χ1v) is 11.7. The molecule has 0 unspecified atom stereocenters. The maximum atomic E-state index is 14.3. The molecule has 0 atom stereocenters. The average molecular weight is 444 g/mol. The first-order valence-electron chi connectivity index (χ1n) is 11.7. The van der Waals surface area contributed by atoms with Gasteiger partial charge in [-0.2, -0.15) is 0 Å². The van der Waals surface area contributed by atoms with Gasteiger partial charge in [0.25, 0.3) is 0 Å². The van der Waals surface area contributed by atoms with Crippen LogP contribution in [0.15, 0.2) is 66.7 Å². The fraction of sp³-hybridized carbons (Fsp3) is 0.321. The molecule has 0 bridgehead atoms. The van der Waals surface area contributed by atoms with E-state index < -0.39 is 0 Å². The lowest BCUT2D eigenvalue weighted by atomic mass is 9.74. The Morgan fingerprint density at radius 1 is 0.939 bits per heavy atom. The number of urea groups is 1. The second-order valence-corrected chi connectivity index (χ2v) is 9.59. The van der Waals surface area contributed by atoms with Gasteiger partial charge in [0, 0.05) is 29.9 Å². The molecule has 1 fully saturated rings. The zero-order valence-corrected chi connectivity index (χ0v) is 19.3. The van der Waals surface area contributed by atoms with Crippen molar-refractivity contribution in [3.05, 3.63) is 94.8 Å². The number of benzene rings is 3. The van der Waals surface area contributed by atoms with E-state index in [0.717, 1.165) is 55.0 Å². The number of hydrogen-bond donors (Lipinski definition) is 1. The Morgan fingerprint density at radius 3 is 2.24 bits per heavy atom. The van der Waals surface area contributed by atoms with Gasteiger partial charge in [-0.15, -0.1) is 0 Å². The average Bonchev–Trinajstić information content (AvgIpc) is 3.12. The van der Waals surface area contributed by atoms with Crippen LogP contribution in [-0.2, 0) is 12.0 Å². The molecule has 0 radical (unpaired) electrons. The number of amides is 2. The van der Waals surface area contributed by atoms with Crippen LogP contribution in [0.25, 0.3) is 0 Å². The summed E-state index contributed by atoms with van der Waals surface area (Å²) in [6.07, 6.45) is 1.81. The van der Waals surface area contributed by atoms with E-state index in [4.69, 9.17) is 0 Å². The van der Waals surface area contributed by atoms with Crippen LogP contribution >= 0.6 is 0 Å². The van der Waals surface area contributed by atoms with Gasteiger partial charge in [-0.1, -0.05) is 47.5 Å². The van der Waals surface area contributed by atoms with E-state index in [0.29, 0.717) is 6.54 Å². The number of aryl methyl sites for hydroxylation is 2. The van der Waals surface area contributed by atoms with Crippen molar-refractivity contribution < 1.29 is 9.18 Å². The predicted molar refractivity (Wildman–Crippen MR) is 131 cm³/mol. The zero-order chi connectivity index (χ0) is 23.0. The molecule has 1 N–H and O–H groups in total. The van der Waals surface area contributed by atoms with Gasteiger partial charge >= 0.3 is 6.03 Å². The SMILES string of the molecule is Cc1ccc(CN2CCC3(CC2)CN(C(=O)Nc2ccc(C)cc2)c2ccc(F)cc23)cc1. The highest BCUT2D eigenvalue weighted by Gasteiger charge is 2.46. The topological polar surface area (TPSA) is 35.6 Å². The third-order valence-electron chi connectivity index (χ3n) is 7.17. The monoisotopic (exact) mass is 443 g/mol. The molecule has 2 aliphatic rings. The molecule has 2 heterocycles. The van der Waals surface area contributed by atoms with Crippen LogP contribution in [0.2, 0.25) is 0 Å². The van der Waals surface area contributed by atoms with Crippen molar-refractivity contribution >= 4 is 17.4 Å². The van der Waals surface area contributed by atoms with Crippen molar-refractivity contribution in [2.75, 3.05) is 29.9 Å². The molecule has 2 aliphatic heterocycles. The van der Waals surface area contributed by atoms with E-state index in [1.54, 1.807) is 17.0 Å². The number of anilines is 2.